The lowest BCUT2D eigenvalue weighted by molar-refractivity contribution is 0.292. The van der Waals surface area contributed by atoms with Crippen molar-refractivity contribution in [2.45, 2.75) is 6.61 Å². The van der Waals surface area contributed by atoms with E-state index in [2.05, 4.69) is 25.9 Å². The monoisotopic (exact) mass is 298 g/mol. The van der Waals surface area contributed by atoms with E-state index >= 15 is 0 Å². The summed E-state index contributed by atoms with van der Waals surface area (Å²) in [6.45, 7) is 0.415. The SMILES string of the molecule is Clc1nccnc1OCc1cccc(Br)c1. The Bertz CT molecular complexity index is 493. The average Bonchev–Trinajstić information content (AvgIpc) is 2.28. The summed E-state index contributed by atoms with van der Waals surface area (Å²) < 4.78 is 6.46. The molecule has 0 aliphatic rings. The van der Waals surface area contributed by atoms with E-state index in [1.807, 2.05) is 24.3 Å². The van der Waals surface area contributed by atoms with Crippen molar-refractivity contribution in [2.24, 2.45) is 0 Å². The van der Waals surface area contributed by atoms with Crippen LogP contribution in [0.5, 0.6) is 5.88 Å². The summed E-state index contributed by atoms with van der Waals surface area (Å²) in [6.07, 6.45) is 3.07. The molecule has 0 unspecified atom stereocenters. The fraction of sp³-hybridized carbons (Fsp3) is 0.0909. The standard InChI is InChI=1S/C11H8BrClN2O/c12-9-3-1-2-8(6-9)7-16-11-10(13)14-4-5-15-11/h1-6H,7H2. The summed E-state index contributed by atoms with van der Waals surface area (Å²) in [5.41, 5.74) is 1.04. The highest BCUT2D eigenvalue weighted by Crippen LogP contribution is 2.19. The van der Waals surface area contributed by atoms with Gasteiger partial charge in [0.15, 0.2) is 5.15 Å². The molecule has 2 aromatic rings. The Morgan fingerprint density at radius 3 is 2.81 bits per heavy atom. The van der Waals surface area contributed by atoms with Gasteiger partial charge in [0, 0.05) is 16.9 Å². The molecule has 0 bridgehead atoms. The first kappa shape index (κ1) is 11.4. The van der Waals surface area contributed by atoms with E-state index in [0.717, 1.165) is 10.0 Å². The molecule has 0 saturated heterocycles. The minimum absolute atomic E-state index is 0.275. The molecule has 0 saturated carbocycles. The van der Waals surface area contributed by atoms with Crippen LogP contribution in [0.15, 0.2) is 41.1 Å². The summed E-state index contributed by atoms with van der Waals surface area (Å²) in [4.78, 5) is 7.87. The molecule has 1 aromatic carbocycles. The zero-order valence-electron chi connectivity index (χ0n) is 8.23. The number of aromatic nitrogens is 2. The van der Waals surface area contributed by atoms with Crippen molar-refractivity contribution < 1.29 is 4.74 Å². The molecule has 1 aromatic heterocycles. The van der Waals surface area contributed by atoms with Crippen LogP contribution in [0.4, 0.5) is 0 Å². The maximum atomic E-state index is 5.81. The van der Waals surface area contributed by atoms with Crippen LogP contribution in [0.25, 0.3) is 0 Å². The maximum absolute atomic E-state index is 5.81. The van der Waals surface area contributed by atoms with Crippen LogP contribution in [-0.2, 0) is 6.61 Å². The summed E-state index contributed by atoms with van der Waals surface area (Å²) >= 11 is 9.21. The van der Waals surface area contributed by atoms with Crippen molar-refractivity contribution in [2.75, 3.05) is 0 Å². The number of ether oxygens (including phenoxy) is 1. The zero-order valence-corrected chi connectivity index (χ0v) is 10.6. The largest absolute Gasteiger partial charge is 0.471 e. The van der Waals surface area contributed by atoms with Gasteiger partial charge in [-0.05, 0) is 17.7 Å². The lowest BCUT2D eigenvalue weighted by atomic mass is 10.2. The first-order valence-corrected chi connectivity index (χ1v) is 5.76. The molecule has 2 rings (SSSR count). The smallest absolute Gasteiger partial charge is 0.252 e. The van der Waals surface area contributed by atoms with E-state index in [-0.39, 0.29) is 5.15 Å². The molecule has 5 heteroatoms. The zero-order chi connectivity index (χ0) is 11.4. The molecule has 0 amide bonds. The molecule has 16 heavy (non-hydrogen) atoms. The lowest BCUT2D eigenvalue weighted by Crippen LogP contribution is -1.98. The Balaban J connectivity index is 2.05. The topological polar surface area (TPSA) is 35.0 Å². The second-order valence-electron chi connectivity index (χ2n) is 3.07. The van der Waals surface area contributed by atoms with Gasteiger partial charge in [-0.1, -0.05) is 39.7 Å². The molecule has 0 N–H and O–H groups in total. The van der Waals surface area contributed by atoms with E-state index in [9.17, 15) is 0 Å². The Morgan fingerprint density at radius 2 is 2.06 bits per heavy atom. The molecular formula is C11H8BrClN2O. The summed E-state index contributed by atoms with van der Waals surface area (Å²) in [6, 6.07) is 7.85. The molecule has 82 valence electrons. The van der Waals surface area contributed by atoms with Gasteiger partial charge in [-0.3, -0.25) is 0 Å². The average molecular weight is 300 g/mol. The van der Waals surface area contributed by atoms with Crippen LogP contribution in [0, 0.1) is 0 Å². The molecule has 0 fully saturated rings. The number of hydrogen-bond donors (Lipinski definition) is 0. The van der Waals surface area contributed by atoms with Crippen molar-refractivity contribution in [1.29, 1.82) is 0 Å². The first-order chi connectivity index (χ1) is 7.75. The van der Waals surface area contributed by atoms with Crippen molar-refractivity contribution in [3.63, 3.8) is 0 Å². The van der Waals surface area contributed by atoms with Gasteiger partial charge in [0.25, 0.3) is 5.88 Å². The molecule has 3 nitrogen and oxygen atoms in total. The maximum Gasteiger partial charge on any atom is 0.252 e. The lowest BCUT2D eigenvalue weighted by Gasteiger charge is -2.05. The summed E-state index contributed by atoms with van der Waals surface area (Å²) in [5.74, 6) is 0.351. The third kappa shape index (κ3) is 2.93. The van der Waals surface area contributed by atoms with Crippen molar-refractivity contribution in [3.05, 3.63) is 51.8 Å². The molecular weight excluding hydrogens is 291 g/mol. The fourth-order valence-electron chi connectivity index (χ4n) is 1.18. The minimum atomic E-state index is 0.275. The van der Waals surface area contributed by atoms with Crippen LogP contribution < -0.4 is 4.74 Å². The van der Waals surface area contributed by atoms with Gasteiger partial charge < -0.3 is 4.74 Å². The quantitative estimate of drug-likeness (QED) is 0.870. The minimum Gasteiger partial charge on any atom is -0.471 e. The predicted octanol–water partition coefficient (Wildman–Crippen LogP) is 3.47. The normalized spacial score (nSPS) is 10.1. The second kappa shape index (κ2) is 5.27. The number of hydrogen-bond acceptors (Lipinski definition) is 3. The van der Waals surface area contributed by atoms with Crippen molar-refractivity contribution in [3.8, 4) is 5.88 Å². The molecule has 0 radical (unpaired) electrons. The number of benzene rings is 1. The third-order valence-corrected chi connectivity index (χ3v) is 2.64. The van der Waals surface area contributed by atoms with Crippen LogP contribution in [0.3, 0.4) is 0 Å². The van der Waals surface area contributed by atoms with Crippen molar-refractivity contribution in [1.82, 2.24) is 9.97 Å². The molecule has 1 heterocycles. The van der Waals surface area contributed by atoms with E-state index in [1.165, 1.54) is 6.20 Å². The molecule has 0 aliphatic heterocycles. The molecule has 0 spiro atoms. The van der Waals surface area contributed by atoms with Gasteiger partial charge in [-0.2, -0.15) is 0 Å². The van der Waals surface area contributed by atoms with Gasteiger partial charge in [-0.15, -0.1) is 0 Å². The number of nitrogens with zero attached hydrogens (tertiary/aromatic N) is 2. The van der Waals surface area contributed by atoms with Crippen molar-refractivity contribution >= 4 is 27.5 Å². The Morgan fingerprint density at radius 1 is 1.25 bits per heavy atom. The number of halogens is 2. The summed E-state index contributed by atoms with van der Waals surface area (Å²) in [5, 5.41) is 0.275. The Kier molecular flexibility index (Phi) is 3.74. The van der Waals surface area contributed by atoms with E-state index in [4.69, 9.17) is 16.3 Å². The molecule has 0 aliphatic carbocycles. The summed E-state index contributed by atoms with van der Waals surface area (Å²) in [7, 11) is 0. The fourth-order valence-corrected chi connectivity index (χ4v) is 1.79. The van der Waals surface area contributed by atoms with Gasteiger partial charge in [0.2, 0.25) is 0 Å². The highest BCUT2D eigenvalue weighted by atomic mass is 79.9. The van der Waals surface area contributed by atoms with Crippen LogP contribution >= 0.6 is 27.5 Å². The third-order valence-electron chi connectivity index (χ3n) is 1.89. The Labute approximate surface area is 107 Å². The molecule has 0 atom stereocenters. The van der Waals surface area contributed by atoms with Crippen LogP contribution in [0.2, 0.25) is 5.15 Å². The van der Waals surface area contributed by atoms with E-state index in [0.29, 0.717) is 12.5 Å². The van der Waals surface area contributed by atoms with Gasteiger partial charge in [-0.25, -0.2) is 9.97 Å². The van der Waals surface area contributed by atoms with Crippen LogP contribution in [0.1, 0.15) is 5.56 Å². The van der Waals surface area contributed by atoms with E-state index < -0.39 is 0 Å². The predicted molar refractivity (Wildman–Crippen MR) is 65.5 cm³/mol. The second-order valence-corrected chi connectivity index (χ2v) is 4.34. The van der Waals surface area contributed by atoms with Gasteiger partial charge in [0.1, 0.15) is 6.61 Å². The highest BCUT2D eigenvalue weighted by molar-refractivity contribution is 9.10. The van der Waals surface area contributed by atoms with E-state index in [1.54, 1.807) is 6.20 Å². The first-order valence-electron chi connectivity index (χ1n) is 4.59. The van der Waals surface area contributed by atoms with Gasteiger partial charge in [0.05, 0.1) is 0 Å². The number of rotatable bonds is 3. The van der Waals surface area contributed by atoms with Crippen LogP contribution in [-0.4, -0.2) is 9.97 Å². The van der Waals surface area contributed by atoms with Gasteiger partial charge >= 0.3 is 0 Å². The highest BCUT2D eigenvalue weighted by Gasteiger charge is 2.03. The Hall–Kier alpha value is -1.13.